The largest absolute Gasteiger partial charge is 0.366 e. The van der Waals surface area contributed by atoms with E-state index in [4.69, 9.17) is 34.8 Å². The van der Waals surface area contributed by atoms with Crippen molar-refractivity contribution in [2.45, 2.75) is 25.7 Å². The van der Waals surface area contributed by atoms with Crippen molar-refractivity contribution in [2.24, 2.45) is 0 Å². The zero-order valence-corrected chi connectivity index (χ0v) is 14.6. The minimum absolute atomic E-state index is 0.0343. The molecule has 2 heterocycles. The van der Waals surface area contributed by atoms with Crippen molar-refractivity contribution in [3.05, 3.63) is 39.0 Å². The van der Waals surface area contributed by atoms with E-state index >= 15 is 0 Å². The van der Waals surface area contributed by atoms with Crippen molar-refractivity contribution in [2.75, 3.05) is 18.0 Å². The maximum absolute atomic E-state index is 12.8. The Morgan fingerprint density at radius 1 is 0.783 bits per heavy atom. The van der Waals surface area contributed by atoms with Gasteiger partial charge in [0.1, 0.15) is 10.7 Å². The number of amides is 2. The molecule has 0 radical (unpaired) electrons. The summed E-state index contributed by atoms with van der Waals surface area (Å²) in [6.45, 7) is 1.46. The first-order chi connectivity index (χ1) is 11.0. The molecule has 1 saturated heterocycles. The van der Waals surface area contributed by atoms with Crippen LogP contribution in [0.3, 0.4) is 0 Å². The number of benzene rings is 1. The minimum Gasteiger partial charge on any atom is -0.366 e. The zero-order chi connectivity index (χ0) is 16.6. The summed E-state index contributed by atoms with van der Waals surface area (Å²) in [5, 5.41) is 0.674. The first kappa shape index (κ1) is 16.6. The molecule has 2 amide bonds. The Labute approximate surface area is 149 Å². The average molecular weight is 374 g/mol. The van der Waals surface area contributed by atoms with Gasteiger partial charge in [-0.1, -0.05) is 47.6 Å². The lowest BCUT2D eigenvalue weighted by molar-refractivity contribution is -0.121. The molecular weight excluding hydrogens is 359 g/mol. The van der Waals surface area contributed by atoms with Crippen molar-refractivity contribution in [3.8, 4) is 0 Å². The molecule has 0 atom stereocenters. The molecule has 2 aliphatic rings. The van der Waals surface area contributed by atoms with Crippen LogP contribution in [0.5, 0.6) is 0 Å². The molecule has 2 aliphatic heterocycles. The zero-order valence-electron chi connectivity index (χ0n) is 12.3. The molecule has 0 unspecified atom stereocenters. The minimum atomic E-state index is -0.533. The number of anilines is 1. The Kier molecular flexibility index (Phi) is 4.85. The van der Waals surface area contributed by atoms with Crippen molar-refractivity contribution in [1.29, 1.82) is 0 Å². The molecular formula is C16H15Cl3N2O2. The Morgan fingerprint density at radius 3 is 1.91 bits per heavy atom. The number of likely N-dealkylation sites (tertiary alicyclic amines) is 1. The van der Waals surface area contributed by atoms with Gasteiger partial charge in [-0.05, 0) is 31.0 Å². The molecule has 0 N–H and O–H groups in total. The standard InChI is InChI=1S/C16H15Cl3N2O2/c17-10-7-11(18)9-12(8-10)21-15(22)13(19)14(16(21)23)20-5-3-1-2-4-6-20/h7-9H,1-6H2. The van der Waals surface area contributed by atoms with Crippen LogP contribution in [-0.2, 0) is 9.59 Å². The summed E-state index contributed by atoms with van der Waals surface area (Å²) in [5.41, 5.74) is 0.620. The number of carbonyl (C=O) groups excluding carboxylic acids is 2. The monoisotopic (exact) mass is 372 g/mol. The lowest BCUT2D eigenvalue weighted by Gasteiger charge is -2.23. The second kappa shape index (κ2) is 6.71. The molecule has 0 saturated carbocycles. The normalized spacial score (nSPS) is 19.6. The fourth-order valence-electron chi connectivity index (χ4n) is 2.96. The molecule has 0 aromatic heterocycles. The second-order valence-electron chi connectivity index (χ2n) is 5.64. The van der Waals surface area contributed by atoms with E-state index in [1.54, 1.807) is 6.07 Å². The Balaban J connectivity index is 1.95. The third-order valence-electron chi connectivity index (χ3n) is 4.03. The van der Waals surface area contributed by atoms with Crippen LogP contribution in [0.15, 0.2) is 28.9 Å². The van der Waals surface area contributed by atoms with E-state index in [1.165, 1.54) is 12.1 Å². The molecule has 4 nitrogen and oxygen atoms in total. The first-order valence-electron chi connectivity index (χ1n) is 7.48. The van der Waals surface area contributed by atoms with Gasteiger partial charge in [-0.2, -0.15) is 0 Å². The highest BCUT2D eigenvalue weighted by Crippen LogP contribution is 2.34. The van der Waals surface area contributed by atoms with E-state index in [1.807, 2.05) is 4.90 Å². The summed E-state index contributed by atoms with van der Waals surface area (Å²) in [6, 6.07) is 4.60. The molecule has 122 valence electrons. The summed E-state index contributed by atoms with van der Waals surface area (Å²) < 4.78 is 0. The quantitative estimate of drug-likeness (QED) is 0.730. The van der Waals surface area contributed by atoms with Crippen LogP contribution in [0.1, 0.15) is 25.7 Å². The third kappa shape index (κ3) is 3.21. The molecule has 1 fully saturated rings. The fourth-order valence-corrected chi connectivity index (χ4v) is 3.76. The smallest absolute Gasteiger partial charge is 0.283 e. The van der Waals surface area contributed by atoms with Crippen molar-refractivity contribution in [1.82, 2.24) is 4.90 Å². The maximum atomic E-state index is 12.8. The highest BCUT2D eigenvalue weighted by molar-refractivity contribution is 6.52. The molecule has 1 aromatic carbocycles. The second-order valence-corrected chi connectivity index (χ2v) is 6.89. The number of nitrogens with zero attached hydrogens (tertiary/aromatic N) is 2. The van der Waals surface area contributed by atoms with Crippen molar-refractivity contribution < 1.29 is 9.59 Å². The molecule has 7 heteroatoms. The molecule has 3 rings (SSSR count). The summed E-state index contributed by atoms with van der Waals surface area (Å²) in [4.78, 5) is 28.2. The summed E-state index contributed by atoms with van der Waals surface area (Å²) in [6.07, 6.45) is 4.21. The lowest BCUT2D eigenvalue weighted by atomic mass is 10.2. The van der Waals surface area contributed by atoms with Crippen LogP contribution in [-0.4, -0.2) is 29.8 Å². The highest BCUT2D eigenvalue weighted by Gasteiger charge is 2.41. The number of rotatable bonds is 2. The van der Waals surface area contributed by atoms with Gasteiger partial charge in [-0.25, -0.2) is 4.90 Å². The van der Waals surface area contributed by atoms with E-state index in [9.17, 15) is 9.59 Å². The molecule has 0 bridgehead atoms. The predicted molar refractivity (Wildman–Crippen MR) is 91.9 cm³/mol. The van der Waals surface area contributed by atoms with Gasteiger partial charge in [0.2, 0.25) is 0 Å². The number of hydrogen-bond donors (Lipinski definition) is 0. The molecule has 23 heavy (non-hydrogen) atoms. The van der Waals surface area contributed by atoms with Crippen LogP contribution < -0.4 is 4.90 Å². The third-order valence-corrected chi connectivity index (χ3v) is 4.81. The number of carbonyl (C=O) groups is 2. The van der Waals surface area contributed by atoms with Crippen molar-refractivity contribution in [3.63, 3.8) is 0 Å². The van der Waals surface area contributed by atoms with Crippen LogP contribution in [0, 0.1) is 0 Å². The van der Waals surface area contributed by atoms with E-state index < -0.39 is 11.8 Å². The van der Waals surface area contributed by atoms with Gasteiger partial charge in [-0.15, -0.1) is 0 Å². The van der Waals surface area contributed by atoms with Crippen LogP contribution >= 0.6 is 34.8 Å². The molecule has 0 spiro atoms. The van der Waals surface area contributed by atoms with Gasteiger partial charge in [0.05, 0.1) is 5.69 Å². The maximum Gasteiger partial charge on any atom is 0.283 e. The lowest BCUT2D eigenvalue weighted by Crippen LogP contribution is -2.35. The van der Waals surface area contributed by atoms with Crippen molar-refractivity contribution >= 4 is 52.3 Å². The van der Waals surface area contributed by atoms with E-state index in [0.717, 1.165) is 43.7 Å². The van der Waals surface area contributed by atoms with Crippen LogP contribution in [0.4, 0.5) is 5.69 Å². The van der Waals surface area contributed by atoms with Crippen LogP contribution in [0.25, 0.3) is 0 Å². The average Bonchev–Trinajstić information content (AvgIpc) is 2.68. The topological polar surface area (TPSA) is 40.6 Å². The van der Waals surface area contributed by atoms with E-state index in [2.05, 4.69) is 0 Å². The Morgan fingerprint density at radius 2 is 1.35 bits per heavy atom. The Hall–Kier alpha value is -1.23. The summed E-state index contributed by atoms with van der Waals surface area (Å²) in [5.74, 6) is -0.950. The molecule has 1 aromatic rings. The molecule has 0 aliphatic carbocycles. The fraction of sp³-hybridized carbons (Fsp3) is 0.375. The van der Waals surface area contributed by atoms with Gasteiger partial charge < -0.3 is 4.90 Å². The Bertz CT molecular complexity index is 674. The first-order valence-corrected chi connectivity index (χ1v) is 8.62. The number of halogens is 3. The van der Waals surface area contributed by atoms with Gasteiger partial charge in [0, 0.05) is 23.1 Å². The number of imide groups is 1. The van der Waals surface area contributed by atoms with Gasteiger partial charge >= 0.3 is 0 Å². The predicted octanol–water partition coefficient (Wildman–Crippen LogP) is 4.19. The summed E-state index contributed by atoms with van der Waals surface area (Å²) >= 11 is 18.1. The highest BCUT2D eigenvalue weighted by atomic mass is 35.5. The van der Waals surface area contributed by atoms with E-state index in [-0.39, 0.29) is 10.7 Å². The van der Waals surface area contributed by atoms with Gasteiger partial charge in [0.15, 0.2) is 0 Å². The number of hydrogen-bond acceptors (Lipinski definition) is 3. The van der Waals surface area contributed by atoms with Gasteiger partial charge in [-0.3, -0.25) is 9.59 Å². The van der Waals surface area contributed by atoms with Gasteiger partial charge in [0.25, 0.3) is 11.8 Å². The summed E-state index contributed by atoms with van der Waals surface area (Å²) in [7, 11) is 0. The van der Waals surface area contributed by atoms with E-state index in [0.29, 0.717) is 15.7 Å². The van der Waals surface area contributed by atoms with Crippen LogP contribution in [0.2, 0.25) is 10.0 Å². The SMILES string of the molecule is O=C1C(Cl)=C(N2CCCCCC2)C(=O)N1c1cc(Cl)cc(Cl)c1.